The van der Waals surface area contributed by atoms with Crippen molar-refractivity contribution >= 4 is 10.4 Å². The first-order valence-corrected chi connectivity index (χ1v) is 3.10. The van der Waals surface area contributed by atoms with Crippen LogP contribution in [0.25, 0.3) is 0 Å². The normalized spacial score (nSPS) is 7.07. The molecule has 0 aromatic carbocycles. The van der Waals surface area contributed by atoms with E-state index in [1.807, 2.05) is 0 Å². The van der Waals surface area contributed by atoms with Crippen LogP contribution in [-0.2, 0) is 49.4 Å². The Labute approximate surface area is 108 Å². The van der Waals surface area contributed by atoms with Crippen LogP contribution in [0.2, 0.25) is 0 Å². The minimum atomic E-state index is -5.17. The van der Waals surface area contributed by atoms with Crippen molar-refractivity contribution in [2.24, 2.45) is 0 Å². The summed E-state index contributed by atoms with van der Waals surface area (Å²) in [6.45, 7) is 0. The minimum Gasteiger partial charge on any atom is -0.759 e. The molecule has 0 aliphatic heterocycles. The summed E-state index contributed by atoms with van der Waals surface area (Å²) in [6.07, 6.45) is 0. The van der Waals surface area contributed by atoms with Crippen molar-refractivity contribution in [2.45, 2.75) is 0 Å². The quantitative estimate of drug-likeness (QED) is 0.156. The molecule has 0 atom stereocenters. The van der Waals surface area contributed by atoms with E-state index in [0.717, 1.165) is 0 Å². The van der Waals surface area contributed by atoms with Gasteiger partial charge in [0.25, 0.3) is 0 Å². The Bertz CT molecular complexity index is 216. The van der Waals surface area contributed by atoms with Crippen LogP contribution in [0.5, 0.6) is 0 Å². The largest absolute Gasteiger partial charge is 2.00 e. The SMILES string of the molecule is O=S(=O)([O-])[O-].O=[N+]([O-])[O-].O=[N+]([O-])[O-].[Zn+2].[Zn+2]. The van der Waals surface area contributed by atoms with Crippen LogP contribution < -0.4 is 0 Å². The third-order valence-electron chi connectivity index (χ3n) is 0. The first-order valence-electron chi connectivity index (χ1n) is 1.76. The molecule has 0 aliphatic carbocycles. The standard InChI is InChI=1S/2NO3.H2O4S.2Zn/c2*2-1(3)4;1-5(2,3)4;;/h;;(H2,1,2,3,4);;/q2*-1;;2*+2/p-2. The molecule has 15 heteroatoms. The molecule has 15 heavy (non-hydrogen) atoms. The van der Waals surface area contributed by atoms with Gasteiger partial charge in [0.05, 0.1) is 10.2 Å². The predicted molar refractivity (Wildman–Crippen MR) is 31.2 cm³/mol. The number of rotatable bonds is 0. The van der Waals surface area contributed by atoms with E-state index in [1.165, 1.54) is 0 Å². The zero-order valence-electron chi connectivity index (χ0n) is 6.80. The van der Waals surface area contributed by atoms with Gasteiger partial charge in [-0.25, -0.2) is 0 Å². The molecule has 0 heterocycles. The molecule has 0 rings (SSSR count). The van der Waals surface area contributed by atoms with Crippen molar-refractivity contribution in [2.75, 3.05) is 0 Å². The van der Waals surface area contributed by atoms with Gasteiger partial charge in [0.1, 0.15) is 0 Å². The van der Waals surface area contributed by atoms with Crippen LogP contribution in [0.15, 0.2) is 0 Å². The van der Waals surface area contributed by atoms with E-state index >= 15 is 0 Å². The molecule has 0 radical (unpaired) electrons. The molecule has 0 amide bonds. The fourth-order valence-corrected chi connectivity index (χ4v) is 0. The average Bonchev–Trinajstić information content (AvgIpc) is 1.50. The molecule has 0 aromatic rings. The summed E-state index contributed by atoms with van der Waals surface area (Å²) in [5.41, 5.74) is 0. The maximum atomic E-state index is 8.52. The molecular formula is N2O10SZn2. The Kier molecular flexibility index (Phi) is 31.2. The molecule has 0 unspecified atom stereocenters. The average molecular weight is 351 g/mol. The van der Waals surface area contributed by atoms with Gasteiger partial charge in [-0.1, -0.05) is 0 Å². The summed E-state index contributed by atoms with van der Waals surface area (Å²) in [6, 6.07) is 0. The first kappa shape index (κ1) is 29.3. The Morgan fingerprint density at radius 3 is 0.733 bits per heavy atom. The molecule has 0 aliphatic rings. The Hall–Kier alpha value is -0.483. The van der Waals surface area contributed by atoms with Gasteiger partial charge >= 0.3 is 39.0 Å². The van der Waals surface area contributed by atoms with Crippen molar-refractivity contribution in [3.8, 4) is 0 Å². The molecule has 12 nitrogen and oxygen atoms in total. The zero-order chi connectivity index (χ0) is 11.7. The second-order valence-corrected chi connectivity index (χ2v) is 1.67. The van der Waals surface area contributed by atoms with E-state index in [4.69, 9.17) is 48.2 Å². The summed E-state index contributed by atoms with van der Waals surface area (Å²) < 4.78 is 34.1. The van der Waals surface area contributed by atoms with Crippen LogP contribution in [0.3, 0.4) is 0 Å². The van der Waals surface area contributed by atoms with Crippen LogP contribution in [0.1, 0.15) is 0 Å². The third kappa shape index (κ3) is 7680. The molecule has 0 fully saturated rings. The molecule has 0 aromatic heterocycles. The second kappa shape index (κ2) is 16.0. The van der Waals surface area contributed by atoms with Crippen LogP contribution in [0, 0.1) is 30.6 Å². The topological polar surface area (TPSA) is 213 Å². The molecule has 0 saturated heterocycles. The summed E-state index contributed by atoms with van der Waals surface area (Å²) >= 11 is 0. The van der Waals surface area contributed by atoms with Crippen LogP contribution in [0.4, 0.5) is 0 Å². The van der Waals surface area contributed by atoms with E-state index in [-0.39, 0.29) is 39.0 Å². The van der Waals surface area contributed by atoms with Gasteiger partial charge in [-0.2, -0.15) is 0 Å². The third-order valence-corrected chi connectivity index (χ3v) is 0. The van der Waals surface area contributed by atoms with Gasteiger partial charge in [0.15, 0.2) is 0 Å². The molecule has 80 valence electrons. The smallest absolute Gasteiger partial charge is 0.759 e. The van der Waals surface area contributed by atoms with Gasteiger partial charge < -0.3 is 39.7 Å². The molecular weight excluding hydrogens is 351 g/mol. The van der Waals surface area contributed by atoms with Crippen molar-refractivity contribution in [1.82, 2.24) is 0 Å². The molecule has 0 N–H and O–H groups in total. The minimum absolute atomic E-state index is 0. The Morgan fingerprint density at radius 2 is 0.733 bits per heavy atom. The summed E-state index contributed by atoms with van der Waals surface area (Å²) in [5, 5.41) is 29.5. The Morgan fingerprint density at radius 1 is 0.733 bits per heavy atom. The molecule has 0 spiro atoms. The van der Waals surface area contributed by atoms with Gasteiger partial charge in [0.2, 0.25) is 0 Å². The van der Waals surface area contributed by atoms with E-state index in [9.17, 15) is 0 Å². The monoisotopic (exact) mass is 348 g/mol. The second-order valence-electron chi connectivity index (χ2n) is 0.855. The zero-order valence-corrected chi connectivity index (χ0v) is 13.6. The summed E-state index contributed by atoms with van der Waals surface area (Å²) in [7, 11) is -5.17. The van der Waals surface area contributed by atoms with Gasteiger partial charge in [-0.3, -0.25) is 8.42 Å². The van der Waals surface area contributed by atoms with E-state index in [2.05, 4.69) is 0 Å². The van der Waals surface area contributed by atoms with Gasteiger partial charge in [0, 0.05) is 10.4 Å². The van der Waals surface area contributed by atoms with Gasteiger partial charge in [-0.15, -0.1) is 0 Å². The molecule has 0 saturated carbocycles. The van der Waals surface area contributed by atoms with Crippen molar-refractivity contribution in [3.05, 3.63) is 30.6 Å². The van der Waals surface area contributed by atoms with E-state index in [1.54, 1.807) is 0 Å². The Balaban J connectivity index is -0.0000000315. The fraction of sp³-hybridized carbons (Fsp3) is 0. The van der Waals surface area contributed by atoms with Crippen LogP contribution in [-0.4, -0.2) is 27.7 Å². The first-order chi connectivity index (χ1) is 5.46. The van der Waals surface area contributed by atoms with E-state index < -0.39 is 20.6 Å². The number of nitrogens with zero attached hydrogens (tertiary/aromatic N) is 2. The van der Waals surface area contributed by atoms with Crippen molar-refractivity contribution < 1.29 is 66.7 Å². The van der Waals surface area contributed by atoms with Gasteiger partial charge in [-0.05, 0) is 0 Å². The van der Waals surface area contributed by atoms with Crippen LogP contribution >= 0.6 is 0 Å². The maximum absolute atomic E-state index is 8.52. The van der Waals surface area contributed by atoms with Crippen molar-refractivity contribution in [3.63, 3.8) is 0 Å². The number of hydrogen-bond acceptors (Lipinski definition) is 10. The predicted octanol–water partition coefficient (Wildman–Crippen LogP) is -1.82. The van der Waals surface area contributed by atoms with Crippen molar-refractivity contribution in [1.29, 1.82) is 0 Å². The summed E-state index contributed by atoms with van der Waals surface area (Å²) in [4.78, 5) is 16.5. The maximum Gasteiger partial charge on any atom is 2.00 e. The summed E-state index contributed by atoms with van der Waals surface area (Å²) in [5.74, 6) is 0. The van der Waals surface area contributed by atoms with E-state index in [0.29, 0.717) is 0 Å². The molecule has 0 bridgehead atoms. The number of hydrogen-bond donors (Lipinski definition) is 0. The fourth-order valence-electron chi connectivity index (χ4n) is 0.